The second-order valence-electron chi connectivity index (χ2n) is 4.17. The maximum Gasteiger partial charge on any atom is 0.311 e. The third-order valence-corrected chi connectivity index (χ3v) is 3.64. The molecule has 0 aromatic carbocycles. The molecule has 2 aliphatic carbocycles. The van der Waals surface area contributed by atoms with Crippen LogP contribution in [0.3, 0.4) is 0 Å². The molecule has 0 aromatic heterocycles. The zero-order valence-electron chi connectivity index (χ0n) is 7.12. The molecule has 0 amide bonds. The van der Waals surface area contributed by atoms with Crippen LogP contribution in [0.1, 0.15) is 25.7 Å². The SMILES string of the molecule is NCC1(C(=O)O)CC1C1CCC1. The van der Waals surface area contributed by atoms with Crippen molar-refractivity contribution in [3.05, 3.63) is 0 Å². The summed E-state index contributed by atoms with van der Waals surface area (Å²) in [4.78, 5) is 10.9. The van der Waals surface area contributed by atoms with Crippen LogP contribution in [0.4, 0.5) is 0 Å². The lowest BCUT2D eigenvalue weighted by Crippen LogP contribution is -2.30. The number of carboxylic acid groups (broad SMARTS) is 1. The van der Waals surface area contributed by atoms with E-state index in [1.165, 1.54) is 19.3 Å². The maximum atomic E-state index is 10.9. The van der Waals surface area contributed by atoms with E-state index in [9.17, 15) is 4.79 Å². The number of carbonyl (C=O) groups is 1. The number of aliphatic carboxylic acids is 1. The first-order chi connectivity index (χ1) is 5.70. The quantitative estimate of drug-likeness (QED) is 0.658. The van der Waals surface area contributed by atoms with Crippen molar-refractivity contribution in [3.63, 3.8) is 0 Å². The first-order valence-electron chi connectivity index (χ1n) is 4.64. The molecular formula is C9H15NO2. The molecule has 0 saturated heterocycles. The van der Waals surface area contributed by atoms with Crippen LogP contribution in [-0.2, 0) is 4.79 Å². The Bertz CT molecular complexity index is 213. The topological polar surface area (TPSA) is 63.3 Å². The summed E-state index contributed by atoms with van der Waals surface area (Å²) in [6, 6.07) is 0. The van der Waals surface area contributed by atoms with Gasteiger partial charge in [-0.3, -0.25) is 4.79 Å². The van der Waals surface area contributed by atoms with Crippen molar-refractivity contribution in [2.45, 2.75) is 25.7 Å². The van der Waals surface area contributed by atoms with Gasteiger partial charge >= 0.3 is 5.97 Å². The molecule has 0 spiro atoms. The number of hydrogen-bond acceptors (Lipinski definition) is 2. The Labute approximate surface area is 71.9 Å². The summed E-state index contributed by atoms with van der Waals surface area (Å²) in [5.41, 5.74) is 4.97. The van der Waals surface area contributed by atoms with Gasteiger partial charge in [-0.1, -0.05) is 19.3 Å². The second-order valence-corrected chi connectivity index (χ2v) is 4.17. The van der Waals surface area contributed by atoms with E-state index in [1.807, 2.05) is 0 Å². The zero-order valence-corrected chi connectivity index (χ0v) is 7.12. The number of rotatable bonds is 3. The van der Waals surface area contributed by atoms with Crippen molar-refractivity contribution >= 4 is 5.97 Å². The van der Waals surface area contributed by atoms with Crippen LogP contribution in [0.15, 0.2) is 0 Å². The van der Waals surface area contributed by atoms with Gasteiger partial charge < -0.3 is 10.8 Å². The van der Waals surface area contributed by atoms with E-state index in [-0.39, 0.29) is 0 Å². The number of hydrogen-bond donors (Lipinski definition) is 2. The summed E-state index contributed by atoms with van der Waals surface area (Å²) in [6.07, 6.45) is 4.55. The van der Waals surface area contributed by atoms with E-state index in [4.69, 9.17) is 10.8 Å². The number of nitrogens with two attached hydrogens (primary N) is 1. The molecule has 0 heterocycles. The molecule has 12 heavy (non-hydrogen) atoms. The van der Waals surface area contributed by atoms with Crippen LogP contribution >= 0.6 is 0 Å². The fourth-order valence-electron chi connectivity index (χ4n) is 2.36. The molecule has 2 saturated carbocycles. The fraction of sp³-hybridized carbons (Fsp3) is 0.889. The van der Waals surface area contributed by atoms with Crippen molar-refractivity contribution < 1.29 is 9.90 Å². The smallest absolute Gasteiger partial charge is 0.311 e. The van der Waals surface area contributed by atoms with Crippen LogP contribution in [0.25, 0.3) is 0 Å². The summed E-state index contributed by atoms with van der Waals surface area (Å²) < 4.78 is 0. The highest BCUT2D eigenvalue weighted by Gasteiger charge is 2.62. The van der Waals surface area contributed by atoms with E-state index in [1.54, 1.807) is 0 Å². The summed E-state index contributed by atoms with van der Waals surface area (Å²) in [5.74, 6) is 0.389. The molecule has 2 atom stereocenters. The summed E-state index contributed by atoms with van der Waals surface area (Å²) >= 11 is 0. The standard InChI is InChI=1S/C9H15NO2/c10-5-9(8(11)12)4-7(9)6-2-1-3-6/h6-7H,1-5,10H2,(H,11,12). The Kier molecular flexibility index (Phi) is 1.65. The minimum Gasteiger partial charge on any atom is -0.481 e. The summed E-state index contributed by atoms with van der Waals surface area (Å²) in [7, 11) is 0. The van der Waals surface area contributed by atoms with Gasteiger partial charge in [0.1, 0.15) is 0 Å². The van der Waals surface area contributed by atoms with Gasteiger partial charge in [0.2, 0.25) is 0 Å². The molecule has 3 N–H and O–H groups in total. The largest absolute Gasteiger partial charge is 0.481 e. The van der Waals surface area contributed by atoms with E-state index >= 15 is 0 Å². The molecule has 0 aliphatic heterocycles. The maximum absolute atomic E-state index is 10.9. The molecule has 2 aliphatic rings. The average molecular weight is 169 g/mol. The Morgan fingerprint density at radius 3 is 2.50 bits per heavy atom. The Morgan fingerprint density at radius 2 is 2.25 bits per heavy atom. The van der Waals surface area contributed by atoms with Gasteiger partial charge in [-0.2, -0.15) is 0 Å². The highest BCUT2D eigenvalue weighted by Crippen LogP contribution is 2.60. The molecule has 2 fully saturated rings. The molecule has 3 nitrogen and oxygen atoms in total. The van der Waals surface area contributed by atoms with Gasteiger partial charge in [0, 0.05) is 6.54 Å². The van der Waals surface area contributed by atoms with Gasteiger partial charge in [-0.15, -0.1) is 0 Å². The summed E-state index contributed by atoms with van der Waals surface area (Å²) in [5, 5.41) is 8.96. The van der Waals surface area contributed by atoms with E-state index < -0.39 is 11.4 Å². The van der Waals surface area contributed by atoms with Crippen LogP contribution in [0, 0.1) is 17.3 Å². The van der Waals surface area contributed by atoms with E-state index in [0.717, 1.165) is 6.42 Å². The predicted molar refractivity (Wildman–Crippen MR) is 44.6 cm³/mol. The molecule has 3 heteroatoms. The minimum absolute atomic E-state index is 0.323. The monoisotopic (exact) mass is 169 g/mol. The van der Waals surface area contributed by atoms with Gasteiger partial charge in [-0.25, -0.2) is 0 Å². The van der Waals surface area contributed by atoms with Gasteiger partial charge in [0.15, 0.2) is 0 Å². The third kappa shape index (κ3) is 0.891. The minimum atomic E-state index is -0.679. The van der Waals surface area contributed by atoms with Gasteiger partial charge in [0.05, 0.1) is 5.41 Å². The van der Waals surface area contributed by atoms with Crippen molar-refractivity contribution in [2.24, 2.45) is 23.0 Å². The lowest BCUT2D eigenvalue weighted by molar-refractivity contribution is -0.144. The van der Waals surface area contributed by atoms with Crippen molar-refractivity contribution in [1.82, 2.24) is 0 Å². The van der Waals surface area contributed by atoms with Gasteiger partial charge in [0.25, 0.3) is 0 Å². The van der Waals surface area contributed by atoms with Crippen LogP contribution in [0.2, 0.25) is 0 Å². The Morgan fingerprint density at radius 1 is 1.58 bits per heavy atom. The predicted octanol–water partition coefficient (Wildman–Crippen LogP) is 0.836. The summed E-state index contributed by atoms with van der Waals surface area (Å²) in [6.45, 7) is 0.323. The zero-order chi connectivity index (χ0) is 8.77. The third-order valence-electron chi connectivity index (χ3n) is 3.64. The molecule has 2 rings (SSSR count). The molecule has 0 aromatic rings. The molecule has 68 valence electrons. The van der Waals surface area contributed by atoms with Gasteiger partial charge in [-0.05, 0) is 18.3 Å². The Balaban J connectivity index is 2.00. The number of carboxylic acids is 1. The second kappa shape index (κ2) is 2.46. The van der Waals surface area contributed by atoms with E-state index in [2.05, 4.69) is 0 Å². The van der Waals surface area contributed by atoms with Crippen molar-refractivity contribution in [3.8, 4) is 0 Å². The Hall–Kier alpha value is -0.570. The fourth-order valence-corrected chi connectivity index (χ4v) is 2.36. The van der Waals surface area contributed by atoms with Crippen molar-refractivity contribution in [1.29, 1.82) is 0 Å². The first-order valence-corrected chi connectivity index (χ1v) is 4.64. The van der Waals surface area contributed by atoms with Crippen LogP contribution in [0.5, 0.6) is 0 Å². The lowest BCUT2D eigenvalue weighted by Gasteiger charge is -2.27. The highest BCUT2D eigenvalue weighted by molar-refractivity contribution is 5.79. The van der Waals surface area contributed by atoms with Crippen LogP contribution in [-0.4, -0.2) is 17.6 Å². The average Bonchev–Trinajstić information content (AvgIpc) is 2.60. The van der Waals surface area contributed by atoms with E-state index in [0.29, 0.717) is 18.4 Å². The molecule has 0 radical (unpaired) electrons. The van der Waals surface area contributed by atoms with Crippen LogP contribution < -0.4 is 5.73 Å². The normalized spacial score (nSPS) is 40.6. The highest BCUT2D eigenvalue weighted by atomic mass is 16.4. The lowest BCUT2D eigenvalue weighted by atomic mass is 9.79. The molecular weight excluding hydrogens is 154 g/mol. The van der Waals surface area contributed by atoms with Crippen molar-refractivity contribution in [2.75, 3.05) is 6.54 Å². The molecule has 2 unspecified atom stereocenters. The molecule has 0 bridgehead atoms. The first kappa shape index (κ1) is 8.05.